The molecule has 2 aliphatic rings. The molecule has 6 nitrogen and oxygen atoms in total. The maximum Gasteiger partial charge on any atom is 0.310 e. The minimum Gasteiger partial charge on any atom is -0.481 e. The molecule has 0 amide bonds. The minimum absolute atomic E-state index is 0.527. The third-order valence-electron chi connectivity index (χ3n) is 2.96. The zero-order valence-electron chi connectivity index (χ0n) is 7.66. The maximum atomic E-state index is 11.0. The Bertz CT molecular complexity index is 349. The second-order valence-electron chi connectivity index (χ2n) is 3.73. The van der Waals surface area contributed by atoms with Gasteiger partial charge < -0.3 is 20.1 Å². The van der Waals surface area contributed by atoms with Crippen LogP contribution in [-0.4, -0.2) is 45.6 Å². The van der Waals surface area contributed by atoms with Crippen molar-refractivity contribution in [3.05, 3.63) is 12.2 Å². The molecule has 4 unspecified atom stereocenters. The molecule has 0 aliphatic carbocycles. The fourth-order valence-electron chi connectivity index (χ4n) is 2.29. The smallest absolute Gasteiger partial charge is 0.310 e. The Labute approximate surface area is 84.8 Å². The molecule has 0 radical (unpaired) electrons. The third kappa shape index (κ3) is 1.18. The highest BCUT2D eigenvalue weighted by atomic mass is 16.5. The van der Waals surface area contributed by atoms with Crippen molar-refractivity contribution in [3.8, 4) is 0 Å². The molecule has 2 aliphatic heterocycles. The first-order valence-electron chi connectivity index (χ1n) is 4.45. The molecule has 2 heterocycles. The molecule has 1 fully saturated rings. The number of rotatable bonds is 3. The van der Waals surface area contributed by atoms with Crippen LogP contribution in [0.15, 0.2) is 12.2 Å². The average molecular weight is 214 g/mol. The van der Waals surface area contributed by atoms with E-state index in [0.29, 0.717) is 0 Å². The van der Waals surface area contributed by atoms with Gasteiger partial charge in [0.15, 0.2) is 0 Å². The Morgan fingerprint density at radius 3 is 2.47 bits per heavy atom. The van der Waals surface area contributed by atoms with Crippen molar-refractivity contribution in [3.63, 3.8) is 0 Å². The van der Waals surface area contributed by atoms with Crippen molar-refractivity contribution in [2.75, 3.05) is 6.61 Å². The van der Waals surface area contributed by atoms with Crippen LogP contribution in [0.1, 0.15) is 0 Å². The van der Waals surface area contributed by atoms with E-state index in [0.717, 1.165) is 0 Å². The molecular weight excluding hydrogens is 204 g/mol. The topological polar surface area (TPSA) is 104 Å². The standard InChI is InChI=1S/C9H10O6/c10-3-9-2-1-4(15-9)5(7(11)12)6(9)8(13)14/h1-2,4-6,10H,3H2,(H,11,12)(H,13,14). The largest absolute Gasteiger partial charge is 0.481 e. The van der Waals surface area contributed by atoms with Gasteiger partial charge in [-0.25, -0.2) is 0 Å². The number of fused-ring (bicyclic) bond motifs is 2. The summed E-state index contributed by atoms with van der Waals surface area (Å²) in [5, 5.41) is 27.0. The molecule has 0 aromatic carbocycles. The Hall–Kier alpha value is -1.40. The Morgan fingerprint density at radius 2 is 2.00 bits per heavy atom. The van der Waals surface area contributed by atoms with Crippen molar-refractivity contribution < 1.29 is 29.6 Å². The predicted octanol–water partition coefficient (Wildman–Crippen LogP) is -0.912. The fraction of sp³-hybridized carbons (Fsp3) is 0.556. The van der Waals surface area contributed by atoms with Gasteiger partial charge in [0.2, 0.25) is 0 Å². The number of ether oxygens (including phenoxy) is 1. The molecule has 3 N–H and O–H groups in total. The van der Waals surface area contributed by atoms with Crippen molar-refractivity contribution >= 4 is 11.9 Å². The zero-order chi connectivity index (χ0) is 11.2. The van der Waals surface area contributed by atoms with Crippen molar-refractivity contribution in [2.24, 2.45) is 11.8 Å². The Balaban J connectivity index is 2.42. The summed E-state index contributed by atoms with van der Waals surface area (Å²) in [6.07, 6.45) is 2.18. The van der Waals surface area contributed by atoms with Crippen molar-refractivity contribution in [1.82, 2.24) is 0 Å². The lowest BCUT2D eigenvalue weighted by Crippen LogP contribution is -2.45. The van der Waals surface area contributed by atoms with Gasteiger partial charge in [-0.15, -0.1) is 0 Å². The van der Waals surface area contributed by atoms with Gasteiger partial charge in [0, 0.05) is 0 Å². The first kappa shape index (κ1) is 10.1. The van der Waals surface area contributed by atoms with Crippen LogP contribution < -0.4 is 0 Å². The molecule has 15 heavy (non-hydrogen) atoms. The molecule has 0 aromatic rings. The van der Waals surface area contributed by atoms with Gasteiger partial charge in [-0.3, -0.25) is 9.59 Å². The fourth-order valence-corrected chi connectivity index (χ4v) is 2.29. The van der Waals surface area contributed by atoms with E-state index in [9.17, 15) is 9.59 Å². The lowest BCUT2D eigenvalue weighted by Gasteiger charge is -2.26. The van der Waals surface area contributed by atoms with Crippen LogP contribution in [0.5, 0.6) is 0 Å². The number of carbonyl (C=O) groups is 2. The molecule has 6 heteroatoms. The summed E-state index contributed by atoms with van der Waals surface area (Å²) in [7, 11) is 0. The van der Waals surface area contributed by atoms with Crippen LogP contribution in [-0.2, 0) is 14.3 Å². The molecule has 0 saturated carbocycles. The highest BCUT2D eigenvalue weighted by molar-refractivity contribution is 5.84. The van der Waals surface area contributed by atoms with Crippen molar-refractivity contribution in [1.29, 1.82) is 0 Å². The maximum absolute atomic E-state index is 11.0. The van der Waals surface area contributed by atoms with E-state index in [4.69, 9.17) is 20.1 Å². The summed E-state index contributed by atoms with van der Waals surface area (Å²) >= 11 is 0. The SMILES string of the molecule is O=C(O)C1C2C=CC(CO)(O2)C1C(=O)O. The van der Waals surface area contributed by atoms with Crippen LogP contribution >= 0.6 is 0 Å². The van der Waals surface area contributed by atoms with Crippen LogP contribution in [0.2, 0.25) is 0 Å². The number of aliphatic carboxylic acids is 2. The summed E-state index contributed by atoms with van der Waals surface area (Å²) in [5.41, 5.74) is -1.36. The predicted molar refractivity (Wildman–Crippen MR) is 46.1 cm³/mol. The first-order chi connectivity index (χ1) is 7.02. The lowest BCUT2D eigenvalue weighted by molar-refractivity contribution is -0.155. The normalized spacial score (nSPS) is 42.1. The summed E-state index contributed by atoms with van der Waals surface area (Å²) in [4.78, 5) is 21.9. The van der Waals surface area contributed by atoms with E-state index in [1.807, 2.05) is 0 Å². The molecular formula is C9H10O6. The van der Waals surface area contributed by atoms with Crippen molar-refractivity contribution in [2.45, 2.75) is 11.7 Å². The van der Waals surface area contributed by atoms with E-state index in [1.165, 1.54) is 12.2 Å². The van der Waals surface area contributed by atoms with E-state index in [2.05, 4.69) is 0 Å². The molecule has 2 bridgehead atoms. The van der Waals surface area contributed by atoms with Gasteiger partial charge in [0.1, 0.15) is 17.4 Å². The molecule has 1 saturated heterocycles. The van der Waals surface area contributed by atoms with E-state index >= 15 is 0 Å². The number of aliphatic hydroxyl groups is 1. The second-order valence-corrected chi connectivity index (χ2v) is 3.73. The zero-order valence-corrected chi connectivity index (χ0v) is 7.66. The third-order valence-corrected chi connectivity index (χ3v) is 2.96. The average Bonchev–Trinajstić information content (AvgIpc) is 2.72. The number of aliphatic hydroxyl groups excluding tert-OH is 1. The highest BCUT2D eigenvalue weighted by Gasteiger charge is 2.62. The molecule has 0 aromatic heterocycles. The molecule has 0 spiro atoms. The number of hydrogen-bond donors (Lipinski definition) is 3. The Kier molecular flexibility index (Phi) is 2.06. The summed E-state index contributed by atoms with van der Waals surface area (Å²) < 4.78 is 5.23. The lowest BCUT2D eigenvalue weighted by atomic mass is 9.76. The number of carboxylic acids is 2. The van der Waals surface area contributed by atoms with E-state index in [1.54, 1.807) is 0 Å². The minimum atomic E-state index is -1.36. The number of hydrogen-bond acceptors (Lipinski definition) is 4. The second kappa shape index (κ2) is 3.04. The molecule has 4 atom stereocenters. The summed E-state index contributed by atoms with van der Waals surface area (Å²) in [6, 6.07) is 0. The monoisotopic (exact) mass is 214 g/mol. The van der Waals surface area contributed by atoms with Crippen LogP contribution in [0, 0.1) is 11.8 Å². The van der Waals surface area contributed by atoms with Crippen LogP contribution in [0.3, 0.4) is 0 Å². The van der Waals surface area contributed by atoms with Gasteiger partial charge in [-0.1, -0.05) is 12.2 Å². The molecule has 82 valence electrons. The summed E-state index contributed by atoms with van der Waals surface area (Å²) in [5.74, 6) is -4.83. The quantitative estimate of drug-likeness (QED) is 0.525. The van der Waals surface area contributed by atoms with Gasteiger partial charge in [0.05, 0.1) is 12.7 Å². The van der Waals surface area contributed by atoms with Crippen LogP contribution in [0.25, 0.3) is 0 Å². The van der Waals surface area contributed by atoms with E-state index in [-0.39, 0.29) is 0 Å². The molecule has 2 rings (SSSR count). The highest BCUT2D eigenvalue weighted by Crippen LogP contribution is 2.47. The summed E-state index contributed by atoms with van der Waals surface area (Å²) in [6.45, 7) is -0.527. The number of carboxylic acid groups (broad SMARTS) is 2. The van der Waals surface area contributed by atoms with Gasteiger partial charge >= 0.3 is 11.9 Å². The van der Waals surface area contributed by atoms with Crippen LogP contribution in [0.4, 0.5) is 0 Å². The first-order valence-corrected chi connectivity index (χ1v) is 4.45. The van der Waals surface area contributed by atoms with Gasteiger partial charge in [-0.2, -0.15) is 0 Å². The van der Waals surface area contributed by atoms with Gasteiger partial charge in [-0.05, 0) is 0 Å². The van der Waals surface area contributed by atoms with E-state index < -0.39 is 42.1 Å². The Morgan fingerprint density at radius 1 is 1.33 bits per heavy atom. The van der Waals surface area contributed by atoms with Gasteiger partial charge in [0.25, 0.3) is 0 Å².